The van der Waals surface area contributed by atoms with Crippen LogP contribution in [0.4, 0.5) is 11.4 Å². The number of fused-ring (bicyclic) bond motifs is 8. The van der Waals surface area contributed by atoms with E-state index in [4.69, 9.17) is 9.47 Å². The first-order valence-corrected chi connectivity index (χ1v) is 10.8. The van der Waals surface area contributed by atoms with Crippen molar-refractivity contribution in [2.24, 2.45) is 16.2 Å². The molecule has 4 aliphatic rings. The van der Waals surface area contributed by atoms with Crippen LogP contribution in [0.25, 0.3) is 0 Å². The molecular formula is C23H28N2O6. The zero-order chi connectivity index (χ0) is 22.6. The lowest BCUT2D eigenvalue weighted by molar-refractivity contribution is -0.384. The number of hydrogen-bond donors (Lipinski definition) is 0. The molecule has 0 radical (unpaired) electrons. The summed E-state index contributed by atoms with van der Waals surface area (Å²) in [6.07, 6.45) is 2.68. The number of nitro benzene ring substituents is 1. The van der Waals surface area contributed by atoms with Gasteiger partial charge in [0, 0.05) is 44.1 Å². The van der Waals surface area contributed by atoms with Crippen molar-refractivity contribution in [3.05, 3.63) is 33.9 Å². The Morgan fingerprint density at radius 3 is 2.32 bits per heavy atom. The Labute approximate surface area is 181 Å². The van der Waals surface area contributed by atoms with E-state index in [-0.39, 0.29) is 29.0 Å². The first-order chi connectivity index (χ1) is 14.3. The molecule has 1 aromatic carbocycles. The lowest BCUT2D eigenvalue weighted by atomic mass is 9.57. The fraction of sp³-hybridized carbons (Fsp3) is 0.652. The predicted molar refractivity (Wildman–Crippen MR) is 111 cm³/mol. The summed E-state index contributed by atoms with van der Waals surface area (Å²) in [5.41, 5.74) is -0.364. The molecule has 166 valence electrons. The van der Waals surface area contributed by atoms with E-state index in [9.17, 15) is 19.7 Å². The summed E-state index contributed by atoms with van der Waals surface area (Å²) < 4.78 is 11.3. The van der Waals surface area contributed by atoms with Crippen LogP contribution in [-0.2, 0) is 25.5 Å². The summed E-state index contributed by atoms with van der Waals surface area (Å²) in [5, 5.41) is 11.4. The SMILES string of the molecule is CC1(C)CC2CC(C)(C1)C1N2c2ccc([N+](=O)[O-])cc2CC12C(=O)OC(C)(C)OC2=O. The molecule has 0 amide bonds. The highest BCUT2D eigenvalue weighted by molar-refractivity contribution is 6.04. The van der Waals surface area contributed by atoms with E-state index in [1.165, 1.54) is 12.1 Å². The number of cyclic esters (lactones) is 2. The third kappa shape index (κ3) is 2.66. The molecule has 3 fully saturated rings. The van der Waals surface area contributed by atoms with Crippen LogP contribution in [0.15, 0.2) is 18.2 Å². The van der Waals surface area contributed by atoms with Crippen LogP contribution >= 0.6 is 0 Å². The number of hydrogen-bond acceptors (Lipinski definition) is 7. The summed E-state index contributed by atoms with van der Waals surface area (Å²) in [5.74, 6) is -2.51. The fourth-order valence-corrected chi connectivity index (χ4v) is 7.18. The van der Waals surface area contributed by atoms with Crippen LogP contribution in [0.1, 0.15) is 59.4 Å². The average Bonchev–Trinajstić information content (AvgIpc) is 2.84. The molecule has 0 N–H and O–H groups in total. The lowest BCUT2D eigenvalue weighted by Crippen LogP contribution is -2.67. The van der Waals surface area contributed by atoms with Gasteiger partial charge in [0.05, 0.1) is 11.0 Å². The molecule has 2 bridgehead atoms. The third-order valence-electron chi connectivity index (χ3n) is 7.60. The standard InChI is InChI=1S/C23H28N2O6/c1-20(2)10-15-11-22(5,12-20)17-23(18(26)30-21(3,4)31-19(23)27)9-13-8-14(25(28)29)6-7-16(13)24(15)17/h6-8,15,17H,9-12H2,1-5H3. The highest BCUT2D eigenvalue weighted by atomic mass is 16.7. The summed E-state index contributed by atoms with van der Waals surface area (Å²) in [7, 11) is 0. The normalized spacial score (nSPS) is 33.9. The molecule has 1 saturated carbocycles. The number of benzene rings is 1. The number of rotatable bonds is 1. The van der Waals surface area contributed by atoms with Gasteiger partial charge in [0.2, 0.25) is 0 Å². The molecular weight excluding hydrogens is 400 g/mol. The van der Waals surface area contributed by atoms with Crippen molar-refractivity contribution in [3.8, 4) is 0 Å². The zero-order valence-electron chi connectivity index (χ0n) is 18.6. The van der Waals surface area contributed by atoms with Gasteiger partial charge in [-0.2, -0.15) is 0 Å². The molecule has 3 atom stereocenters. The fourth-order valence-electron chi connectivity index (χ4n) is 7.18. The number of non-ortho nitro benzene ring substituents is 1. The van der Waals surface area contributed by atoms with Crippen LogP contribution in [0.2, 0.25) is 0 Å². The number of ether oxygens (including phenoxy) is 2. The Kier molecular flexibility index (Phi) is 3.78. The van der Waals surface area contributed by atoms with E-state index in [0.717, 1.165) is 24.9 Å². The third-order valence-corrected chi connectivity index (χ3v) is 7.60. The molecule has 3 unspecified atom stereocenters. The minimum absolute atomic E-state index is 0.0406. The molecule has 8 nitrogen and oxygen atoms in total. The Morgan fingerprint density at radius 2 is 1.71 bits per heavy atom. The summed E-state index contributed by atoms with van der Waals surface area (Å²) in [6.45, 7) is 9.70. The molecule has 5 rings (SSSR count). The monoisotopic (exact) mass is 428 g/mol. The highest BCUT2D eigenvalue weighted by Crippen LogP contribution is 2.64. The van der Waals surface area contributed by atoms with Crippen LogP contribution in [0.3, 0.4) is 0 Å². The topological polar surface area (TPSA) is 99.0 Å². The lowest BCUT2D eigenvalue weighted by Gasteiger charge is -2.53. The van der Waals surface area contributed by atoms with Gasteiger partial charge < -0.3 is 14.4 Å². The average molecular weight is 428 g/mol. The minimum atomic E-state index is -1.54. The highest BCUT2D eigenvalue weighted by Gasteiger charge is 2.72. The van der Waals surface area contributed by atoms with Crippen molar-refractivity contribution < 1.29 is 24.0 Å². The van der Waals surface area contributed by atoms with Crippen LogP contribution in [-0.4, -0.2) is 34.7 Å². The Balaban J connectivity index is 1.75. The van der Waals surface area contributed by atoms with Gasteiger partial charge in [-0.1, -0.05) is 20.8 Å². The van der Waals surface area contributed by atoms with E-state index < -0.39 is 34.1 Å². The van der Waals surface area contributed by atoms with Crippen molar-refractivity contribution >= 4 is 23.3 Å². The van der Waals surface area contributed by atoms with Crippen molar-refractivity contribution in [2.45, 2.75) is 78.2 Å². The molecule has 2 saturated heterocycles. The molecule has 3 aliphatic heterocycles. The zero-order valence-corrected chi connectivity index (χ0v) is 18.6. The number of esters is 2. The van der Waals surface area contributed by atoms with E-state index in [0.29, 0.717) is 5.56 Å². The molecule has 1 aliphatic carbocycles. The second kappa shape index (κ2) is 5.78. The van der Waals surface area contributed by atoms with E-state index in [2.05, 4.69) is 25.7 Å². The maximum absolute atomic E-state index is 13.6. The van der Waals surface area contributed by atoms with Gasteiger partial charge in [-0.15, -0.1) is 0 Å². The maximum Gasteiger partial charge on any atom is 0.329 e. The second-order valence-corrected chi connectivity index (χ2v) is 11.3. The Bertz CT molecular complexity index is 1010. The molecule has 8 heteroatoms. The molecule has 1 spiro atoms. The van der Waals surface area contributed by atoms with E-state index >= 15 is 0 Å². The van der Waals surface area contributed by atoms with Gasteiger partial charge in [-0.3, -0.25) is 19.7 Å². The predicted octanol–water partition coefficient (Wildman–Crippen LogP) is 3.75. The maximum atomic E-state index is 13.6. The van der Waals surface area contributed by atoms with Crippen LogP contribution < -0.4 is 4.90 Å². The smallest absolute Gasteiger partial charge is 0.329 e. The van der Waals surface area contributed by atoms with Gasteiger partial charge in [-0.05, 0) is 41.7 Å². The van der Waals surface area contributed by atoms with E-state index in [1.54, 1.807) is 19.9 Å². The number of carbonyl (C=O) groups is 2. The Hall–Kier alpha value is -2.64. The number of carbonyl (C=O) groups excluding carboxylic acids is 2. The van der Waals surface area contributed by atoms with Gasteiger partial charge >= 0.3 is 11.9 Å². The first kappa shape index (κ1) is 20.3. The number of nitro groups is 1. The summed E-state index contributed by atoms with van der Waals surface area (Å²) in [4.78, 5) is 40.3. The number of nitrogens with zero attached hydrogens (tertiary/aromatic N) is 2. The van der Waals surface area contributed by atoms with Crippen molar-refractivity contribution in [2.75, 3.05) is 4.90 Å². The van der Waals surface area contributed by atoms with Gasteiger partial charge in [0.15, 0.2) is 5.41 Å². The largest absolute Gasteiger partial charge is 0.422 e. The molecule has 31 heavy (non-hydrogen) atoms. The number of anilines is 1. The second-order valence-electron chi connectivity index (χ2n) is 11.3. The van der Waals surface area contributed by atoms with Crippen LogP contribution in [0.5, 0.6) is 0 Å². The quantitative estimate of drug-likeness (QED) is 0.291. The van der Waals surface area contributed by atoms with Gasteiger partial charge in [0.25, 0.3) is 11.5 Å². The van der Waals surface area contributed by atoms with Crippen molar-refractivity contribution in [1.29, 1.82) is 0 Å². The van der Waals surface area contributed by atoms with E-state index in [1.807, 2.05) is 0 Å². The molecule has 1 aromatic rings. The first-order valence-electron chi connectivity index (χ1n) is 10.8. The van der Waals surface area contributed by atoms with Crippen molar-refractivity contribution in [1.82, 2.24) is 0 Å². The van der Waals surface area contributed by atoms with Gasteiger partial charge in [-0.25, -0.2) is 0 Å². The van der Waals surface area contributed by atoms with Crippen LogP contribution in [0, 0.1) is 26.4 Å². The van der Waals surface area contributed by atoms with Crippen molar-refractivity contribution in [3.63, 3.8) is 0 Å². The Morgan fingerprint density at radius 1 is 1.06 bits per heavy atom. The molecule has 0 aromatic heterocycles. The molecule has 3 heterocycles. The summed E-state index contributed by atoms with van der Waals surface area (Å²) >= 11 is 0. The minimum Gasteiger partial charge on any atom is -0.422 e. The summed E-state index contributed by atoms with van der Waals surface area (Å²) in [6, 6.07) is 4.48. The van der Waals surface area contributed by atoms with Gasteiger partial charge in [0.1, 0.15) is 0 Å².